The predicted octanol–water partition coefficient (Wildman–Crippen LogP) is 2.57. The van der Waals surface area contributed by atoms with E-state index < -0.39 is 0 Å². The molecule has 4 nitrogen and oxygen atoms in total. The Kier molecular flexibility index (Phi) is 4.04. The first kappa shape index (κ1) is 12.7. The van der Waals surface area contributed by atoms with Crippen LogP contribution in [0.3, 0.4) is 0 Å². The van der Waals surface area contributed by atoms with Gasteiger partial charge in [-0.3, -0.25) is 9.79 Å². The minimum Gasteiger partial charge on any atom is -0.461 e. The van der Waals surface area contributed by atoms with Gasteiger partial charge in [0.1, 0.15) is 6.54 Å². The summed E-state index contributed by atoms with van der Waals surface area (Å²) >= 11 is 1.58. The summed E-state index contributed by atoms with van der Waals surface area (Å²) in [5.74, 6) is 1.03. The number of hydrogen-bond acceptors (Lipinski definition) is 4. The smallest absolute Gasteiger partial charge is 0.219 e. The molecule has 1 aliphatic heterocycles. The van der Waals surface area contributed by atoms with Crippen LogP contribution in [0.15, 0.2) is 52.7 Å². The zero-order chi connectivity index (χ0) is 13.0. The highest BCUT2D eigenvalue weighted by Crippen LogP contribution is 2.25. The van der Waals surface area contributed by atoms with Crippen molar-refractivity contribution in [3.05, 3.63) is 49.1 Å². The van der Waals surface area contributed by atoms with Crippen LogP contribution in [-0.4, -0.2) is 34.7 Å². The number of furan rings is 1. The van der Waals surface area contributed by atoms with Crippen LogP contribution in [0.5, 0.6) is 0 Å². The Hall–Kier alpha value is -1.75. The molecule has 0 bridgehead atoms. The molecular formula is C13H14N2O2S. The van der Waals surface area contributed by atoms with E-state index in [4.69, 9.17) is 4.42 Å². The quantitative estimate of drug-likeness (QED) is 0.604. The Morgan fingerprint density at radius 3 is 3.17 bits per heavy atom. The predicted molar refractivity (Wildman–Crippen MR) is 73.8 cm³/mol. The monoisotopic (exact) mass is 262 g/mol. The number of nitrogens with zero attached hydrogens (tertiary/aromatic N) is 2. The Morgan fingerprint density at radius 1 is 1.67 bits per heavy atom. The maximum atomic E-state index is 11.7. The number of carbonyl (C=O) groups excluding carboxylic acids is 1. The highest BCUT2D eigenvalue weighted by atomic mass is 32.2. The molecule has 0 spiro atoms. The lowest BCUT2D eigenvalue weighted by Crippen LogP contribution is -2.23. The van der Waals surface area contributed by atoms with Gasteiger partial charge in [0, 0.05) is 18.0 Å². The van der Waals surface area contributed by atoms with Gasteiger partial charge in [0.25, 0.3) is 0 Å². The van der Waals surface area contributed by atoms with Crippen LogP contribution in [0.1, 0.15) is 10.6 Å². The van der Waals surface area contributed by atoms with Crippen LogP contribution >= 0.6 is 11.8 Å². The highest BCUT2D eigenvalue weighted by Gasteiger charge is 2.22. The Labute approximate surface area is 110 Å². The van der Waals surface area contributed by atoms with Crippen LogP contribution in [0.4, 0.5) is 0 Å². The fourth-order valence-electron chi connectivity index (χ4n) is 1.56. The van der Waals surface area contributed by atoms with Gasteiger partial charge in [-0.1, -0.05) is 24.4 Å². The third kappa shape index (κ3) is 2.73. The molecule has 5 heteroatoms. The molecule has 0 amide bonds. The van der Waals surface area contributed by atoms with Crippen molar-refractivity contribution in [3.8, 4) is 0 Å². The Bertz CT molecular complexity index is 491. The van der Waals surface area contributed by atoms with Gasteiger partial charge in [0.15, 0.2) is 10.9 Å². The average Bonchev–Trinajstić information content (AvgIpc) is 2.99. The molecule has 1 aromatic heterocycles. The van der Waals surface area contributed by atoms with Crippen LogP contribution in [0.2, 0.25) is 0 Å². The van der Waals surface area contributed by atoms with Crippen molar-refractivity contribution >= 4 is 22.7 Å². The van der Waals surface area contributed by atoms with Crippen LogP contribution in [-0.2, 0) is 0 Å². The Balaban J connectivity index is 2.02. The summed E-state index contributed by atoms with van der Waals surface area (Å²) in [6, 6.07) is 3.33. The molecule has 1 fully saturated rings. The standard InChI is InChI=1S/C13H14N2O2S/c1-3-6-15-10(2)9-18-13(15)14-8-11(16)12-5-4-7-17-12/h3-5,7H,1-2,6,8-9H2. The average molecular weight is 262 g/mol. The maximum absolute atomic E-state index is 11.7. The summed E-state index contributed by atoms with van der Waals surface area (Å²) in [5.41, 5.74) is 0.990. The number of thioether (sulfide) groups is 1. The first-order valence-electron chi connectivity index (χ1n) is 5.52. The number of rotatable bonds is 5. The molecule has 94 valence electrons. The fourth-order valence-corrected chi connectivity index (χ4v) is 2.53. The van der Waals surface area contributed by atoms with E-state index in [1.54, 1.807) is 30.0 Å². The zero-order valence-electron chi connectivity index (χ0n) is 9.96. The van der Waals surface area contributed by atoms with Crippen molar-refractivity contribution < 1.29 is 9.21 Å². The molecule has 18 heavy (non-hydrogen) atoms. The van der Waals surface area contributed by atoms with Gasteiger partial charge in [-0.15, -0.1) is 6.58 Å². The molecule has 1 saturated heterocycles. The number of amidine groups is 1. The number of aliphatic imine (C=N–C) groups is 1. The van der Waals surface area contributed by atoms with E-state index in [0.29, 0.717) is 12.3 Å². The highest BCUT2D eigenvalue weighted by molar-refractivity contribution is 8.14. The second kappa shape index (κ2) is 5.73. The molecule has 1 aromatic rings. The fraction of sp³-hybridized carbons (Fsp3) is 0.231. The largest absolute Gasteiger partial charge is 0.461 e. The van der Waals surface area contributed by atoms with E-state index in [9.17, 15) is 4.79 Å². The lowest BCUT2D eigenvalue weighted by atomic mass is 10.3. The van der Waals surface area contributed by atoms with Crippen molar-refractivity contribution in [3.63, 3.8) is 0 Å². The third-order valence-corrected chi connectivity index (χ3v) is 3.53. The van der Waals surface area contributed by atoms with Gasteiger partial charge < -0.3 is 9.32 Å². The maximum Gasteiger partial charge on any atom is 0.219 e. The molecule has 1 aliphatic rings. The Morgan fingerprint density at radius 2 is 2.50 bits per heavy atom. The SMILES string of the molecule is C=CCN1C(=C)CSC1=NCC(=O)c1ccco1. The molecule has 2 heterocycles. The van der Waals surface area contributed by atoms with E-state index in [1.807, 2.05) is 4.90 Å². The second-order valence-corrected chi connectivity index (χ2v) is 4.70. The van der Waals surface area contributed by atoms with Crippen LogP contribution in [0, 0.1) is 0 Å². The molecule has 0 atom stereocenters. The molecule has 0 aromatic carbocycles. The van der Waals surface area contributed by atoms with Crippen molar-refractivity contribution in [1.29, 1.82) is 0 Å². The van der Waals surface area contributed by atoms with Gasteiger partial charge in [-0.2, -0.15) is 0 Å². The molecule has 0 radical (unpaired) electrons. The summed E-state index contributed by atoms with van der Waals surface area (Å²) in [5, 5.41) is 0.819. The minimum absolute atomic E-state index is 0.0940. The van der Waals surface area contributed by atoms with E-state index in [1.165, 1.54) is 6.26 Å². The van der Waals surface area contributed by atoms with Crippen molar-refractivity contribution in [1.82, 2.24) is 4.90 Å². The van der Waals surface area contributed by atoms with Crippen molar-refractivity contribution in [2.75, 3.05) is 18.8 Å². The number of carbonyl (C=O) groups is 1. The zero-order valence-corrected chi connectivity index (χ0v) is 10.8. The summed E-state index contributed by atoms with van der Waals surface area (Å²) in [6.07, 6.45) is 3.28. The summed E-state index contributed by atoms with van der Waals surface area (Å²) < 4.78 is 5.03. The lowest BCUT2D eigenvalue weighted by Gasteiger charge is -2.16. The van der Waals surface area contributed by atoms with Crippen LogP contribution < -0.4 is 0 Å². The number of Topliss-reactive ketones (excluding diaryl/α,β-unsaturated/α-hetero) is 1. The first-order chi connectivity index (χ1) is 8.72. The van der Waals surface area contributed by atoms with E-state index >= 15 is 0 Å². The van der Waals surface area contributed by atoms with E-state index in [0.717, 1.165) is 16.6 Å². The van der Waals surface area contributed by atoms with Gasteiger partial charge in [0.05, 0.1) is 6.26 Å². The number of ketones is 1. The molecule has 2 rings (SSSR count). The lowest BCUT2D eigenvalue weighted by molar-refractivity contribution is 0.0975. The summed E-state index contributed by atoms with van der Waals surface area (Å²) in [7, 11) is 0. The van der Waals surface area contributed by atoms with Crippen LogP contribution in [0.25, 0.3) is 0 Å². The molecule has 0 saturated carbocycles. The van der Waals surface area contributed by atoms with Crippen molar-refractivity contribution in [2.45, 2.75) is 0 Å². The minimum atomic E-state index is -0.121. The van der Waals surface area contributed by atoms with Gasteiger partial charge in [-0.25, -0.2) is 0 Å². The molecular weight excluding hydrogens is 248 g/mol. The number of hydrogen-bond donors (Lipinski definition) is 0. The van der Waals surface area contributed by atoms with Gasteiger partial charge in [-0.05, 0) is 12.1 Å². The third-order valence-electron chi connectivity index (χ3n) is 2.45. The molecule has 0 N–H and O–H groups in total. The molecule has 0 unspecified atom stereocenters. The second-order valence-electron chi connectivity index (χ2n) is 3.75. The van der Waals surface area contributed by atoms with Gasteiger partial charge >= 0.3 is 0 Å². The van der Waals surface area contributed by atoms with Crippen molar-refractivity contribution in [2.24, 2.45) is 4.99 Å². The normalized spacial score (nSPS) is 17.4. The van der Waals surface area contributed by atoms with E-state index in [-0.39, 0.29) is 12.3 Å². The first-order valence-corrected chi connectivity index (χ1v) is 6.51. The van der Waals surface area contributed by atoms with E-state index in [2.05, 4.69) is 18.2 Å². The van der Waals surface area contributed by atoms with Gasteiger partial charge in [0.2, 0.25) is 5.78 Å². The summed E-state index contributed by atoms with van der Waals surface area (Å²) in [6.45, 7) is 8.41. The molecule has 0 aliphatic carbocycles. The topological polar surface area (TPSA) is 45.8 Å². The summed E-state index contributed by atoms with van der Waals surface area (Å²) in [4.78, 5) is 18.0.